The summed E-state index contributed by atoms with van der Waals surface area (Å²) in [7, 11) is 0. The topological polar surface area (TPSA) is 81.4 Å². The van der Waals surface area contributed by atoms with Gasteiger partial charge in [-0.15, -0.1) is 0 Å². The highest BCUT2D eigenvalue weighted by molar-refractivity contribution is 5.85. The van der Waals surface area contributed by atoms with Crippen molar-refractivity contribution in [3.8, 4) is 0 Å². The van der Waals surface area contributed by atoms with Crippen LogP contribution in [0.2, 0.25) is 0 Å². The smallest absolute Gasteiger partial charge is 0.411 e. The lowest BCUT2D eigenvalue weighted by atomic mass is 10.1. The van der Waals surface area contributed by atoms with Crippen LogP contribution >= 0.6 is 0 Å². The lowest BCUT2D eigenvalue weighted by Gasteiger charge is -2.10. The van der Waals surface area contributed by atoms with E-state index in [-0.39, 0.29) is 6.61 Å². The summed E-state index contributed by atoms with van der Waals surface area (Å²) in [5.41, 5.74) is 6.90. The average molecular weight is 250 g/mol. The molecule has 0 aliphatic carbocycles. The van der Waals surface area contributed by atoms with E-state index in [1.807, 2.05) is 12.1 Å². The molecule has 1 aromatic carbocycles. The second kappa shape index (κ2) is 6.64. The predicted molar refractivity (Wildman–Crippen MR) is 69.1 cm³/mol. The Labute approximate surface area is 106 Å². The van der Waals surface area contributed by atoms with Gasteiger partial charge in [-0.2, -0.15) is 0 Å². The number of amides is 2. The van der Waals surface area contributed by atoms with Gasteiger partial charge in [0, 0.05) is 5.69 Å². The molecule has 1 atom stereocenters. The molecule has 1 unspecified atom stereocenters. The maximum Gasteiger partial charge on any atom is 0.411 e. The Hall–Kier alpha value is -2.04. The Kier molecular flexibility index (Phi) is 5.17. The van der Waals surface area contributed by atoms with Crippen molar-refractivity contribution in [2.24, 2.45) is 11.7 Å². The molecule has 0 heterocycles. The first-order valence-corrected chi connectivity index (χ1v) is 5.85. The zero-order valence-corrected chi connectivity index (χ0v) is 10.6. The number of rotatable bonds is 5. The van der Waals surface area contributed by atoms with Gasteiger partial charge in [-0.25, -0.2) is 4.79 Å². The number of benzene rings is 1. The second-order valence-electron chi connectivity index (χ2n) is 4.08. The van der Waals surface area contributed by atoms with Crippen molar-refractivity contribution in [2.45, 2.75) is 20.3 Å². The van der Waals surface area contributed by atoms with E-state index in [1.54, 1.807) is 19.1 Å². The number of aryl methyl sites for hydroxylation is 1. The number of nitrogens with two attached hydrogens (primary N) is 1. The van der Waals surface area contributed by atoms with Crippen LogP contribution in [0.15, 0.2) is 24.3 Å². The number of ether oxygens (including phenoxy) is 1. The maximum absolute atomic E-state index is 11.4. The molecule has 0 aromatic heterocycles. The van der Waals surface area contributed by atoms with Gasteiger partial charge >= 0.3 is 6.09 Å². The molecule has 1 rings (SSSR count). The van der Waals surface area contributed by atoms with Gasteiger partial charge in [0.1, 0.15) is 6.61 Å². The quantitative estimate of drug-likeness (QED) is 0.837. The number of hydrogen-bond acceptors (Lipinski definition) is 3. The molecule has 5 nitrogen and oxygen atoms in total. The second-order valence-corrected chi connectivity index (χ2v) is 4.08. The van der Waals surface area contributed by atoms with Crippen LogP contribution in [-0.2, 0) is 16.0 Å². The summed E-state index contributed by atoms with van der Waals surface area (Å²) in [6.45, 7) is 3.64. The summed E-state index contributed by atoms with van der Waals surface area (Å²) in [5, 5.41) is 2.57. The Bertz CT molecular complexity index is 415. The van der Waals surface area contributed by atoms with E-state index in [0.29, 0.717) is 5.69 Å². The summed E-state index contributed by atoms with van der Waals surface area (Å²) in [6, 6.07) is 7.47. The minimum absolute atomic E-state index is 0.0196. The van der Waals surface area contributed by atoms with Crippen LogP contribution in [0.5, 0.6) is 0 Å². The normalized spacial score (nSPS) is 11.7. The van der Waals surface area contributed by atoms with Gasteiger partial charge in [-0.1, -0.05) is 26.0 Å². The van der Waals surface area contributed by atoms with Gasteiger partial charge in [0.15, 0.2) is 0 Å². The highest BCUT2D eigenvalue weighted by Crippen LogP contribution is 2.10. The van der Waals surface area contributed by atoms with Crippen LogP contribution in [0.1, 0.15) is 19.4 Å². The Morgan fingerprint density at radius 3 is 2.44 bits per heavy atom. The summed E-state index contributed by atoms with van der Waals surface area (Å²) >= 11 is 0. The minimum Gasteiger partial charge on any atom is -0.448 e. The van der Waals surface area contributed by atoms with Crippen molar-refractivity contribution in [3.63, 3.8) is 0 Å². The van der Waals surface area contributed by atoms with Crippen LogP contribution in [0.25, 0.3) is 0 Å². The number of primary amides is 1. The fourth-order valence-electron chi connectivity index (χ4n) is 1.26. The Balaban J connectivity index is 2.42. The van der Waals surface area contributed by atoms with Gasteiger partial charge in [0.2, 0.25) is 5.91 Å². The van der Waals surface area contributed by atoms with Gasteiger partial charge in [0.25, 0.3) is 0 Å². The average Bonchev–Trinajstić information content (AvgIpc) is 2.36. The van der Waals surface area contributed by atoms with Crippen molar-refractivity contribution in [1.82, 2.24) is 0 Å². The van der Waals surface area contributed by atoms with Gasteiger partial charge in [-0.05, 0) is 24.1 Å². The van der Waals surface area contributed by atoms with Crippen molar-refractivity contribution in [1.29, 1.82) is 0 Å². The van der Waals surface area contributed by atoms with Gasteiger partial charge < -0.3 is 10.5 Å². The summed E-state index contributed by atoms with van der Waals surface area (Å²) in [4.78, 5) is 22.2. The fourth-order valence-corrected chi connectivity index (χ4v) is 1.26. The third-order valence-corrected chi connectivity index (χ3v) is 2.56. The maximum atomic E-state index is 11.4. The van der Waals surface area contributed by atoms with Crippen molar-refractivity contribution < 1.29 is 14.3 Å². The van der Waals surface area contributed by atoms with Crippen LogP contribution in [0.4, 0.5) is 10.5 Å². The molecule has 0 fully saturated rings. The molecule has 2 amide bonds. The van der Waals surface area contributed by atoms with E-state index >= 15 is 0 Å². The van der Waals surface area contributed by atoms with E-state index in [1.165, 1.54) is 5.56 Å². The number of carbonyl (C=O) groups excluding carboxylic acids is 2. The third kappa shape index (κ3) is 4.45. The zero-order valence-electron chi connectivity index (χ0n) is 10.6. The third-order valence-electron chi connectivity index (χ3n) is 2.56. The molecule has 0 saturated heterocycles. The standard InChI is InChI=1S/C13H18N2O3/c1-3-10-4-6-11(7-5-10)15-13(17)18-8-9(2)12(14)16/h4-7,9H,3,8H2,1-2H3,(H2,14,16)(H,15,17). The Morgan fingerprint density at radius 2 is 1.94 bits per heavy atom. The highest BCUT2D eigenvalue weighted by Gasteiger charge is 2.11. The van der Waals surface area contributed by atoms with E-state index in [9.17, 15) is 9.59 Å². The highest BCUT2D eigenvalue weighted by atomic mass is 16.5. The van der Waals surface area contributed by atoms with E-state index in [4.69, 9.17) is 10.5 Å². The minimum atomic E-state index is -0.590. The van der Waals surface area contributed by atoms with Gasteiger partial charge in [-0.3, -0.25) is 10.1 Å². The molecule has 0 spiro atoms. The summed E-state index contributed by atoms with van der Waals surface area (Å²) < 4.78 is 4.87. The molecule has 0 saturated carbocycles. The predicted octanol–water partition coefficient (Wildman–Crippen LogP) is 1.92. The number of anilines is 1. The molecule has 0 aliphatic rings. The van der Waals surface area contributed by atoms with Crippen LogP contribution in [0.3, 0.4) is 0 Å². The molecule has 98 valence electrons. The van der Waals surface area contributed by atoms with Crippen molar-refractivity contribution >= 4 is 17.7 Å². The van der Waals surface area contributed by atoms with E-state index in [2.05, 4.69) is 12.2 Å². The summed E-state index contributed by atoms with van der Waals surface area (Å²) in [5.74, 6) is -0.978. The van der Waals surface area contributed by atoms with E-state index < -0.39 is 17.9 Å². The molecule has 0 radical (unpaired) electrons. The van der Waals surface area contributed by atoms with Crippen LogP contribution in [0, 0.1) is 5.92 Å². The SMILES string of the molecule is CCc1ccc(NC(=O)OCC(C)C(N)=O)cc1. The van der Waals surface area contributed by atoms with Crippen molar-refractivity contribution in [2.75, 3.05) is 11.9 Å². The first kappa shape index (κ1) is 14.0. The van der Waals surface area contributed by atoms with Gasteiger partial charge in [0.05, 0.1) is 5.92 Å². The molecular formula is C13H18N2O3. The van der Waals surface area contributed by atoms with E-state index in [0.717, 1.165) is 6.42 Å². The molecule has 5 heteroatoms. The molecular weight excluding hydrogens is 232 g/mol. The lowest BCUT2D eigenvalue weighted by Crippen LogP contribution is -2.27. The number of nitrogens with one attached hydrogen (secondary N) is 1. The van der Waals surface area contributed by atoms with Crippen LogP contribution < -0.4 is 11.1 Å². The first-order valence-electron chi connectivity index (χ1n) is 5.85. The van der Waals surface area contributed by atoms with Crippen LogP contribution in [-0.4, -0.2) is 18.6 Å². The largest absolute Gasteiger partial charge is 0.448 e. The van der Waals surface area contributed by atoms with Crippen molar-refractivity contribution in [3.05, 3.63) is 29.8 Å². The number of carbonyl (C=O) groups is 2. The number of hydrogen-bond donors (Lipinski definition) is 2. The fraction of sp³-hybridized carbons (Fsp3) is 0.385. The molecule has 0 bridgehead atoms. The lowest BCUT2D eigenvalue weighted by molar-refractivity contribution is -0.122. The molecule has 1 aromatic rings. The monoisotopic (exact) mass is 250 g/mol. The first-order chi connectivity index (χ1) is 8.52. The molecule has 0 aliphatic heterocycles. The zero-order chi connectivity index (χ0) is 13.5. The molecule has 3 N–H and O–H groups in total. The summed E-state index contributed by atoms with van der Waals surface area (Å²) in [6.07, 6.45) is 0.355. The molecule has 18 heavy (non-hydrogen) atoms. The Morgan fingerprint density at radius 1 is 1.33 bits per heavy atom.